The van der Waals surface area contributed by atoms with Crippen molar-refractivity contribution >= 4 is 17.3 Å². The summed E-state index contributed by atoms with van der Waals surface area (Å²) in [5.74, 6) is -0.197. The van der Waals surface area contributed by atoms with Crippen molar-refractivity contribution in [2.45, 2.75) is 6.42 Å². The molecule has 5 nitrogen and oxygen atoms in total. The Morgan fingerprint density at radius 2 is 2.00 bits per heavy atom. The first-order valence-electron chi connectivity index (χ1n) is 6.94. The molecule has 0 radical (unpaired) electrons. The van der Waals surface area contributed by atoms with Crippen LogP contribution in [0.15, 0.2) is 48.7 Å². The minimum atomic E-state index is -0.982. The maximum atomic E-state index is 11.5. The highest BCUT2D eigenvalue weighted by atomic mass is 32.1. The van der Waals surface area contributed by atoms with E-state index in [1.54, 1.807) is 25.4 Å². The van der Waals surface area contributed by atoms with Crippen molar-refractivity contribution in [3.05, 3.63) is 64.1 Å². The largest absolute Gasteiger partial charge is 0.497 e. The number of nitrogens with zero attached hydrogens (tertiary/aromatic N) is 2. The number of carboxylic acid groups (broad SMARTS) is 1. The van der Waals surface area contributed by atoms with Crippen LogP contribution in [0, 0.1) is 0 Å². The van der Waals surface area contributed by atoms with Crippen molar-refractivity contribution in [2.24, 2.45) is 0 Å². The molecule has 3 aromatic rings. The van der Waals surface area contributed by atoms with Gasteiger partial charge in [0.1, 0.15) is 16.3 Å². The minimum absolute atomic E-state index is 0.215. The normalized spacial score (nSPS) is 10.5. The van der Waals surface area contributed by atoms with Gasteiger partial charge in [0.25, 0.3) is 0 Å². The van der Waals surface area contributed by atoms with E-state index in [9.17, 15) is 9.90 Å². The maximum Gasteiger partial charge on any atom is 0.348 e. The zero-order valence-corrected chi connectivity index (χ0v) is 13.2. The van der Waals surface area contributed by atoms with Crippen LogP contribution < -0.4 is 4.74 Å². The molecule has 6 heteroatoms. The van der Waals surface area contributed by atoms with Gasteiger partial charge in [-0.25, -0.2) is 9.78 Å². The predicted molar refractivity (Wildman–Crippen MR) is 88.1 cm³/mol. The van der Waals surface area contributed by atoms with Gasteiger partial charge in [-0.05, 0) is 29.8 Å². The fraction of sp³-hybridized carbons (Fsp3) is 0.118. The van der Waals surface area contributed by atoms with Crippen molar-refractivity contribution in [2.75, 3.05) is 7.11 Å². The number of thiazole rings is 1. The summed E-state index contributed by atoms with van der Waals surface area (Å²) in [5, 5.41) is 10.1. The molecule has 0 aliphatic rings. The molecule has 0 amide bonds. The predicted octanol–water partition coefficient (Wildman–Crippen LogP) is 3.50. The van der Waals surface area contributed by atoms with E-state index in [1.807, 2.05) is 30.3 Å². The Labute approximate surface area is 137 Å². The second kappa shape index (κ2) is 6.58. The lowest BCUT2D eigenvalue weighted by molar-refractivity contribution is 0.0702. The highest BCUT2D eigenvalue weighted by molar-refractivity contribution is 7.14. The second-order valence-corrected chi connectivity index (χ2v) is 5.91. The van der Waals surface area contributed by atoms with Crippen LogP contribution in [0.1, 0.15) is 20.2 Å². The molecule has 0 aliphatic heterocycles. The van der Waals surface area contributed by atoms with E-state index >= 15 is 0 Å². The molecule has 1 N–H and O–H groups in total. The van der Waals surface area contributed by atoms with Crippen LogP contribution in [0.4, 0.5) is 0 Å². The van der Waals surface area contributed by atoms with E-state index in [4.69, 9.17) is 4.74 Å². The summed E-state index contributed by atoms with van der Waals surface area (Å²) in [6, 6.07) is 13.0. The molecule has 0 saturated carbocycles. The number of benzene rings is 1. The fourth-order valence-corrected chi connectivity index (χ4v) is 3.13. The molecule has 0 aliphatic carbocycles. The quantitative estimate of drug-likeness (QED) is 0.777. The van der Waals surface area contributed by atoms with Crippen LogP contribution >= 0.6 is 11.3 Å². The Hall–Kier alpha value is -2.73. The molecule has 0 atom stereocenters. The average molecular weight is 326 g/mol. The van der Waals surface area contributed by atoms with Crippen molar-refractivity contribution < 1.29 is 14.6 Å². The highest BCUT2D eigenvalue weighted by Gasteiger charge is 2.19. The lowest BCUT2D eigenvalue weighted by Crippen LogP contribution is -1.96. The lowest BCUT2D eigenvalue weighted by atomic mass is 10.1. The third-order valence-electron chi connectivity index (χ3n) is 3.29. The monoisotopic (exact) mass is 326 g/mol. The van der Waals surface area contributed by atoms with Gasteiger partial charge in [0.05, 0.1) is 17.8 Å². The third-order valence-corrected chi connectivity index (χ3v) is 4.33. The van der Waals surface area contributed by atoms with Gasteiger partial charge in [0.2, 0.25) is 0 Å². The summed E-state index contributed by atoms with van der Waals surface area (Å²) in [7, 11) is 1.62. The van der Waals surface area contributed by atoms with Gasteiger partial charge in [-0.15, -0.1) is 11.3 Å². The standard InChI is InChI=1S/C17H14N2O3S/c1-22-12-7-5-11(6-8-12)10-14-19-15(16(23-14)17(20)21)13-4-2-3-9-18-13/h2-9H,10H2,1H3,(H,20,21). The smallest absolute Gasteiger partial charge is 0.348 e. The summed E-state index contributed by atoms with van der Waals surface area (Å²) in [6.07, 6.45) is 2.20. The molecule has 0 fully saturated rings. The van der Waals surface area contributed by atoms with Crippen LogP contribution in [0.25, 0.3) is 11.4 Å². The highest BCUT2D eigenvalue weighted by Crippen LogP contribution is 2.28. The van der Waals surface area contributed by atoms with Crippen LogP contribution in [0.5, 0.6) is 5.75 Å². The number of methoxy groups -OCH3 is 1. The van der Waals surface area contributed by atoms with E-state index in [1.165, 1.54) is 11.3 Å². The van der Waals surface area contributed by atoms with Gasteiger partial charge in [-0.3, -0.25) is 4.98 Å². The number of hydrogen-bond donors (Lipinski definition) is 1. The number of ether oxygens (including phenoxy) is 1. The Morgan fingerprint density at radius 3 is 2.61 bits per heavy atom. The summed E-state index contributed by atoms with van der Waals surface area (Å²) in [5.41, 5.74) is 2.04. The number of aromatic nitrogens is 2. The van der Waals surface area contributed by atoms with Crippen molar-refractivity contribution in [3.8, 4) is 17.1 Å². The number of rotatable bonds is 5. The first-order chi connectivity index (χ1) is 11.2. The first kappa shape index (κ1) is 15.2. The maximum absolute atomic E-state index is 11.5. The summed E-state index contributed by atoms with van der Waals surface area (Å²) in [6.45, 7) is 0. The van der Waals surface area contributed by atoms with Gasteiger partial charge >= 0.3 is 5.97 Å². The van der Waals surface area contributed by atoms with Gasteiger partial charge < -0.3 is 9.84 Å². The van der Waals surface area contributed by atoms with Crippen molar-refractivity contribution in [1.29, 1.82) is 0 Å². The summed E-state index contributed by atoms with van der Waals surface area (Å²) >= 11 is 1.19. The number of aromatic carboxylic acids is 1. The van der Waals surface area contributed by atoms with Crippen LogP contribution in [0.2, 0.25) is 0 Å². The van der Waals surface area contributed by atoms with Crippen LogP contribution in [-0.4, -0.2) is 28.2 Å². The zero-order chi connectivity index (χ0) is 16.2. The topological polar surface area (TPSA) is 72.3 Å². The molecule has 2 heterocycles. The van der Waals surface area contributed by atoms with E-state index in [0.717, 1.165) is 16.3 Å². The Balaban J connectivity index is 1.92. The van der Waals surface area contributed by atoms with Gasteiger partial charge in [-0.2, -0.15) is 0 Å². The minimum Gasteiger partial charge on any atom is -0.497 e. The second-order valence-electron chi connectivity index (χ2n) is 4.83. The molecule has 0 unspecified atom stereocenters. The fourth-order valence-electron chi connectivity index (χ4n) is 2.18. The molecule has 1 aromatic carbocycles. The SMILES string of the molecule is COc1ccc(Cc2nc(-c3ccccn3)c(C(=O)O)s2)cc1. The van der Waals surface area contributed by atoms with Gasteiger partial charge in [0.15, 0.2) is 0 Å². The van der Waals surface area contributed by atoms with E-state index in [0.29, 0.717) is 17.8 Å². The number of carbonyl (C=O) groups is 1. The third kappa shape index (κ3) is 3.37. The molecular weight excluding hydrogens is 312 g/mol. The lowest BCUT2D eigenvalue weighted by Gasteiger charge is -2.01. The Morgan fingerprint density at radius 1 is 1.22 bits per heavy atom. The van der Waals surface area contributed by atoms with Gasteiger partial charge in [0, 0.05) is 12.6 Å². The number of hydrogen-bond acceptors (Lipinski definition) is 5. The summed E-state index contributed by atoms with van der Waals surface area (Å²) < 4.78 is 5.13. The summed E-state index contributed by atoms with van der Waals surface area (Å²) in [4.78, 5) is 20.4. The van der Waals surface area contributed by atoms with E-state index in [-0.39, 0.29) is 4.88 Å². The molecule has 0 bridgehead atoms. The Bertz CT molecular complexity index is 814. The molecule has 0 saturated heterocycles. The average Bonchev–Trinajstić information content (AvgIpc) is 3.00. The molecule has 0 spiro atoms. The molecule has 2 aromatic heterocycles. The van der Waals surface area contributed by atoms with Crippen LogP contribution in [-0.2, 0) is 6.42 Å². The molecule has 23 heavy (non-hydrogen) atoms. The molecule has 116 valence electrons. The Kier molecular flexibility index (Phi) is 4.34. The molecular formula is C17H14N2O3S. The van der Waals surface area contributed by atoms with Gasteiger partial charge in [-0.1, -0.05) is 18.2 Å². The van der Waals surface area contributed by atoms with Crippen molar-refractivity contribution in [3.63, 3.8) is 0 Å². The number of pyridine rings is 1. The number of carboxylic acids is 1. The zero-order valence-electron chi connectivity index (χ0n) is 12.4. The van der Waals surface area contributed by atoms with E-state index in [2.05, 4.69) is 9.97 Å². The first-order valence-corrected chi connectivity index (χ1v) is 7.76. The van der Waals surface area contributed by atoms with Crippen LogP contribution in [0.3, 0.4) is 0 Å². The van der Waals surface area contributed by atoms with E-state index < -0.39 is 5.97 Å². The van der Waals surface area contributed by atoms with Crippen molar-refractivity contribution in [1.82, 2.24) is 9.97 Å². The molecule has 3 rings (SSSR count).